The zero-order chi connectivity index (χ0) is 24.8. The van der Waals surface area contributed by atoms with Crippen molar-refractivity contribution < 1.29 is 41.2 Å². The van der Waals surface area contributed by atoms with Gasteiger partial charge in [0.05, 0.1) is 22.9 Å². The van der Waals surface area contributed by atoms with E-state index in [-0.39, 0.29) is 40.9 Å². The van der Waals surface area contributed by atoms with E-state index in [0.717, 1.165) is 18.2 Å². The fraction of sp³-hybridized carbons (Fsp3) is 0.200. The summed E-state index contributed by atoms with van der Waals surface area (Å²) in [5, 5.41) is 7.38. The van der Waals surface area contributed by atoms with E-state index in [1.54, 1.807) is 0 Å². The quantitative estimate of drug-likeness (QED) is 0.538. The number of nitrogens with zero attached hydrogens (tertiary/aromatic N) is 3. The van der Waals surface area contributed by atoms with Crippen molar-refractivity contribution in [2.24, 2.45) is 11.7 Å². The minimum Gasteiger partial charge on any atom is -0.366 e. The van der Waals surface area contributed by atoms with E-state index in [4.69, 9.17) is 5.73 Å². The van der Waals surface area contributed by atoms with Crippen LogP contribution in [0.25, 0.3) is 16.6 Å². The number of hydrogen-bond acceptors (Lipinski definition) is 6. The highest BCUT2D eigenvalue weighted by Gasteiger charge is 2.45. The highest BCUT2D eigenvalue weighted by Crippen LogP contribution is 2.26. The monoisotopic (exact) mass is 483 g/mol. The van der Waals surface area contributed by atoms with E-state index in [2.05, 4.69) is 15.3 Å². The van der Waals surface area contributed by atoms with Gasteiger partial charge in [0.1, 0.15) is 17.2 Å². The molecule has 1 aliphatic heterocycles. The molecule has 178 valence electrons. The first-order chi connectivity index (χ1) is 15.9. The van der Waals surface area contributed by atoms with Crippen molar-refractivity contribution in [3.05, 3.63) is 53.7 Å². The number of fused-ring (bicyclic) bond motifs is 1. The molecule has 9 nitrogen and oxygen atoms in total. The van der Waals surface area contributed by atoms with E-state index in [0.29, 0.717) is 5.06 Å². The average Bonchev–Trinajstić information content (AvgIpc) is 3.13. The van der Waals surface area contributed by atoms with Crippen LogP contribution in [0.15, 0.2) is 36.5 Å². The normalized spacial score (nSPS) is 14.6. The van der Waals surface area contributed by atoms with Crippen LogP contribution in [0.4, 0.5) is 27.6 Å². The maximum Gasteiger partial charge on any atom is 0.492 e. The van der Waals surface area contributed by atoms with Gasteiger partial charge < -0.3 is 15.9 Å². The number of benzene rings is 2. The third-order valence-corrected chi connectivity index (χ3v) is 4.98. The van der Waals surface area contributed by atoms with Gasteiger partial charge in [-0.05, 0) is 24.3 Å². The number of primary amides is 1. The van der Waals surface area contributed by atoms with Gasteiger partial charge in [-0.3, -0.25) is 9.59 Å². The van der Waals surface area contributed by atoms with Crippen LogP contribution in [-0.4, -0.2) is 51.9 Å². The van der Waals surface area contributed by atoms with Crippen LogP contribution in [0.2, 0.25) is 0 Å². The number of hydrogen-bond donors (Lipinski definition) is 2. The molecule has 1 fully saturated rings. The Labute approximate surface area is 186 Å². The molecule has 0 radical (unpaired) electrons. The molecule has 2 amide bonds. The lowest BCUT2D eigenvalue weighted by atomic mass is 10.0. The van der Waals surface area contributed by atoms with Crippen LogP contribution in [0, 0.1) is 17.6 Å². The molecule has 1 saturated heterocycles. The molecule has 4 rings (SSSR count). The van der Waals surface area contributed by atoms with Crippen molar-refractivity contribution in [1.82, 2.24) is 14.8 Å². The number of halogens is 5. The van der Waals surface area contributed by atoms with Crippen molar-refractivity contribution in [2.45, 2.75) is 6.18 Å². The Morgan fingerprint density at radius 1 is 1.12 bits per heavy atom. The molecule has 0 saturated carbocycles. The molecule has 0 unspecified atom stereocenters. The second-order valence-corrected chi connectivity index (χ2v) is 7.40. The Morgan fingerprint density at radius 2 is 1.82 bits per heavy atom. The number of rotatable bonds is 5. The third kappa shape index (κ3) is 4.52. The fourth-order valence-corrected chi connectivity index (χ4v) is 3.25. The van der Waals surface area contributed by atoms with Crippen LogP contribution in [0.5, 0.6) is 0 Å². The smallest absolute Gasteiger partial charge is 0.366 e. The number of alkyl halides is 3. The lowest BCUT2D eigenvalue weighted by Gasteiger charge is -2.35. The molecule has 3 aromatic rings. The summed E-state index contributed by atoms with van der Waals surface area (Å²) in [6.45, 7) is -0.571. The molecule has 1 aromatic heterocycles. The Bertz CT molecular complexity index is 1320. The Morgan fingerprint density at radius 3 is 2.44 bits per heavy atom. The second kappa shape index (κ2) is 8.37. The van der Waals surface area contributed by atoms with Crippen molar-refractivity contribution in [2.75, 3.05) is 18.4 Å². The number of nitrogens with two attached hydrogens (primary N) is 1. The molecular weight excluding hydrogens is 469 g/mol. The van der Waals surface area contributed by atoms with Gasteiger partial charge in [-0.15, -0.1) is 5.06 Å². The Hall–Kier alpha value is -4.07. The first-order valence-corrected chi connectivity index (χ1v) is 9.56. The minimum absolute atomic E-state index is 0.118. The molecule has 0 spiro atoms. The first-order valence-electron chi connectivity index (χ1n) is 9.56. The summed E-state index contributed by atoms with van der Waals surface area (Å²) in [5.74, 6) is -6.35. The number of hydroxylamine groups is 2. The van der Waals surface area contributed by atoms with Crippen molar-refractivity contribution in [3.63, 3.8) is 0 Å². The number of anilines is 1. The SMILES string of the molecule is NC(=O)c1cc(F)cc2cn(-c3ccc(NC(=O)C4CN(OC(=O)C(F)(F)F)C4)c(F)c3)nc12. The molecular formula is C20H14F5N5O4. The van der Waals surface area contributed by atoms with Crippen molar-refractivity contribution in [3.8, 4) is 5.69 Å². The molecule has 2 aromatic carbocycles. The topological polar surface area (TPSA) is 120 Å². The zero-order valence-corrected chi connectivity index (χ0v) is 16.9. The van der Waals surface area contributed by atoms with E-state index in [1.165, 1.54) is 23.0 Å². The van der Waals surface area contributed by atoms with Gasteiger partial charge in [-0.25, -0.2) is 18.3 Å². The van der Waals surface area contributed by atoms with Gasteiger partial charge in [0.15, 0.2) is 0 Å². The highest BCUT2D eigenvalue weighted by atomic mass is 19.4. The van der Waals surface area contributed by atoms with Crippen molar-refractivity contribution in [1.29, 1.82) is 0 Å². The fourth-order valence-electron chi connectivity index (χ4n) is 3.25. The number of carbonyl (C=O) groups is 3. The number of amides is 2. The summed E-state index contributed by atoms with van der Waals surface area (Å²) >= 11 is 0. The molecule has 34 heavy (non-hydrogen) atoms. The third-order valence-electron chi connectivity index (χ3n) is 4.98. The molecule has 2 heterocycles. The minimum atomic E-state index is -5.16. The van der Waals surface area contributed by atoms with E-state index in [9.17, 15) is 36.3 Å². The summed E-state index contributed by atoms with van der Waals surface area (Å²) in [7, 11) is 0. The van der Waals surface area contributed by atoms with Gasteiger partial charge in [0.25, 0.3) is 5.91 Å². The molecule has 14 heteroatoms. The van der Waals surface area contributed by atoms with Gasteiger partial charge in [-0.1, -0.05) is 0 Å². The molecule has 0 bridgehead atoms. The van der Waals surface area contributed by atoms with Gasteiger partial charge in [0.2, 0.25) is 5.91 Å². The maximum atomic E-state index is 14.6. The van der Waals surface area contributed by atoms with Crippen LogP contribution in [0.3, 0.4) is 0 Å². The average molecular weight is 483 g/mol. The van der Waals surface area contributed by atoms with E-state index < -0.39 is 41.5 Å². The van der Waals surface area contributed by atoms with E-state index >= 15 is 0 Å². The number of aromatic nitrogens is 2. The predicted molar refractivity (Wildman–Crippen MR) is 105 cm³/mol. The molecule has 3 N–H and O–H groups in total. The van der Waals surface area contributed by atoms with Gasteiger partial charge >= 0.3 is 12.1 Å². The zero-order valence-electron chi connectivity index (χ0n) is 16.9. The lowest BCUT2D eigenvalue weighted by Crippen LogP contribution is -2.53. The van der Waals surface area contributed by atoms with Gasteiger partial charge in [0, 0.05) is 30.7 Å². The van der Waals surface area contributed by atoms with Crippen LogP contribution < -0.4 is 11.1 Å². The standard InChI is InChI=1S/C20H14F5N5O4/c21-11-3-9-8-30(28-16(9)13(4-11)17(26)31)12-1-2-15(14(22)5-12)27-18(32)10-6-29(7-10)34-19(33)20(23,24)25/h1-5,8,10H,6-7H2,(H2,26,31)(H,27,32). The second-order valence-electron chi connectivity index (χ2n) is 7.40. The number of nitrogens with one attached hydrogen (secondary N) is 1. The molecule has 1 aliphatic rings. The summed E-state index contributed by atoms with van der Waals surface area (Å²) in [6.07, 6.45) is -3.79. The van der Waals surface area contributed by atoms with Crippen LogP contribution >= 0.6 is 0 Å². The van der Waals surface area contributed by atoms with E-state index in [1.807, 2.05) is 0 Å². The maximum absolute atomic E-state index is 14.6. The van der Waals surface area contributed by atoms with Crippen LogP contribution in [0.1, 0.15) is 10.4 Å². The molecule has 0 atom stereocenters. The Kier molecular flexibility index (Phi) is 5.69. The summed E-state index contributed by atoms with van der Waals surface area (Å²) in [6, 6.07) is 5.71. The van der Waals surface area contributed by atoms with Gasteiger partial charge in [-0.2, -0.15) is 18.3 Å². The summed E-state index contributed by atoms with van der Waals surface area (Å²) < 4.78 is 66.1. The highest BCUT2D eigenvalue weighted by molar-refractivity contribution is 6.04. The molecule has 0 aliphatic carbocycles. The first kappa shape index (κ1) is 23.1. The lowest BCUT2D eigenvalue weighted by molar-refractivity contribution is -0.256. The van der Waals surface area contributed by atoms with Crippen LogP contribution in [-0.2, 0) is 14.4 Å². The van der Waals surface area contributed by atoms with Crippen molar-refractivity contribution >= 4 is 34.4 Å². The predicted octanol–water partition coefficient (Wildman–Crippen LogP) is 2.29. The largest absolute Gasteiger partial charge is 0.492 e. The summed E-state index contributed by atoms with van der Waals surface area (Å²) in [5.41, 5.74) is 5.20. The Balaban J connectivity index is 1.44. The number of carbonyl (C=O) groups excluding carboxylic acids is 3. The summed E-state index contributed by atoms with van der Waals surface area (Å²) in [4.78, 5) is 38.6.